The smallest absolute Gasteiger partial charge is 0.233 e. The molecular weight excluding hydrogens is 472 g/mol. The average Bonchev–Trinajstić information content (AvgIpc) is 3.58. The molecule has 1 aromatic rings. The molecule has 5 heterocycles. The van der Waals surface area contributed by atoms with Gasteiger partial charge in [-0.25, -0.2) is 19.2 Å². The van der Waals surface area contributed by atoms with Gasteiger partial charge in [-0.15, -0.1) is 0 Å². The number of aromatic nitrogens is 1. The first-order valence-corrected chi connectivity index (χ1v) is 12.8. The van der Waals surface area contributed by atoms with E-state index in [1.807, 2.05) is 9.80 Å². The van der Waals surface area contributed by atoms with Crippen LogP contribution in [0.1, 0.15) is 19.3 Å². The van der Waals surface area contributed by atoms with Gasteiger partial charge in [-0.2, -0.15) is 0 Å². The number of fused-ring (bicyclic) bond motifs is 2. The van der Waals surface area contributed by atoms with Crippen molar-refractivity contribution in [3.05, 3.63) is 18.2 Å². The zero-order valence-corrected chi connectivity index (χ0v) is 20.0. The molecule has 5 aliphatic rings. The number of anilines is 2. The van der Waals surface area contributed by atoms with E-state index in [1.54, 1.807) is 5.01 Å². The third-order valence-electron chi connectivity index (χ3n) is 8.11. The number of nitrogens with one attached hydrogen (secondary N) is 4. The molecule has 6 unspecified atom stereocenters. The first-order valence-electron chi connectivity index (χ1n) is 12.8. The number of carbonyl (C=O) groups excluding carboxylic acids is 2. The summed E-state index contributed by atoms with van der Waals surface area (Å²) in [4.78, 5) is 34.2. The van der Waals surface area contributed by atoms with E-state index in [0.717, 1.165) is 25.7 Å². The molecule has 4 saturated heterocycles. The quantitative estimate of drug-likeness (QED) is 0.348. The Labute approximate surface area is 208 Å². The zero-order chi connectivity index (χ0) is 25.0. The molecule has 36 heavy (non-hydrogen) atoms. The van der Waals surface area contributed by atoms with E-state index in [9.17, 15) is 14.0 Å². The van der Waals surface area contributed by atoms with Gasteiger partial charge in [-0.3, -0.25) is 19.9 Å². The van der Waals surface area contributed by atoms with Gasteiger partial charge in [0.05, 0.1) is 36.3 Å². The highest BCUT2D eigenvalue weighted by Crippen LogP contribution is 2.36. The van der Waals surface area contributed by atoms with Crippen LogP contribution < -0.4 is 32.0 Å². The molecule has 1 aromatic heterocycles. The maximum atomic E-state index is 15.0. The Bertz CT molecular complexity index is 1020. The van der Waals surface area contributed by atoms with Gasteiger partial charge in [-0.1, -0.05) is 0 Å². The topological polar surface area (TPSA) is 131 Å². The fourth-order valence-electron chi connectivity index (χ4n) is 6.18. The van der Waals surface area contributed by atoms with E-state index in [0.29, 0.717) is 38.0 Å². The minimum absolute atomic E-state index is 0.0752. The molecule has 13 heteroatoms. The summed E-state index contributed by atoms with van der Waals surface area (Å²) in [6, 6.07) is 0.767. The molecule has 1 saturated carbocycles. The maximum absolute atomic E-state index is 15.0. The number of nitrogens with two attached hydrogens (primary N) is 1. The lowest BCUT2D eigenvalue weighted by atomic mass is 9.94. The molecule has 1 aliphatic carbocycles. The van der Waals surface area contributed by atoms with Crippen molar-refractivity contribution in [2.75, 3.05) is 49.5 Å². The van der Waals surface area contributed by atoms with Crippen LogP contribution in [-0.4, -0.2) is 96.6 Å². The van der Waals surface area contributed by atoms with Gasteiger partial charge in [0.25, 0.3) is 0 Å². The molecule has 0 bridgehead atoms. The Hall–Kier alpha value is -2.45. The predicted molar refractivity (Wildman–Crippen MR) is 128 cm³/mol. The maximum Gasteiger partial charge on any atom is 0.233 e. The molecule has 2 amide bonds. The molecule has 11 nitrogen and oxygen atoms in total. The minimum Gasteiger partial charge on any atom is -0.367 e. The number of hydrogen-bond donors (Lipinski definition) is 5. The van der Waals surface area contributed by atoms with Gasteiger partial charge in [0.2, 0.25) is 11.8 Å². The van der Waals surface area contributed by atoms with Crippen LogP contribution in [0.2, 0.25) is 0 Å². The first kappa shape index (κ1) is 23.9. The first-order chi connectivity index (χ1) is 17.4. The molecule has 0 aromatic carbocycles. The molecule has 6 atom stereocenters. The summed E-state index contributed by atoms with van der Waals surface area (Å²) in [6.45, 7) is 2.84. The Kier molecular flexibility index (Phi) is 6.28. The SMILES string of the molecule is NC1NN2CC(F)CNC2C1C(=O)Nc1cncc(F)c1N1CCC(C(=O)N2CCNC3CC32)CC1. The number of hydrogen-bond acceptors (Lipinski definition) is 9. The Morgan fingerprint density at radius 2 is 1.97 bits per heavy atom. The normalized spacial score (nSPS) is 34.8. The fraction of sp³-hybridized carbons (Fsp3) is 0.696. The second kappa shape index (κ2) is 9.45. The average molecular weight is 506 g/mol. The summed E-state index contributed by atoms with van der Waals surface area (Å²) in [5.74, 6) is -1.51. The van der Waals surface area contributed by atoms with Crippen molar-refractivity contribution in [2.24, 2.45) is 17.6 Å². The monoisotopic (exact) mass is 505 g/mol. The van der Waals surface area contributed by atoms with Crippen LogP contribution in [0.5, 0.6) is 0 Å². The number of pyridine rings is 1. The molecule has 0 radical (unpaired) electrons. The van der Waals surface area contributed by atoms with E-state index < -0.39 is 36.1 Å². The van der Waals surface area contributed by atoms with E-state index in [1.165, 1.54) is 6.20 Å². The van der Waals surface area contributed by atoms with Crippen LogP contribution in [0.15, 0.2) is 12.4 Å². The van der Waals surface area contributed by atoms with Crippen LogP contribution >= 0.6 is 0 Å². The van der Waals surface area contributed by atoms with Crippen LogP contribution in [0.4, 0.5) is 20.2 Å². The Balaban J connectivity index is 1.12. The number of halogens is 2. The molecule has 6 N–H and O–H groups in total. The lowest BCUT2D eigenvalue weighted by Gasteiger charge is -2.37. The number of carbonyl (C=O) groups is 2. The summed E-state index contributed by atoms with van der Waals surface area (Å²) in [6.07, 6.45) is 2.60. The van der Waals surface area contributed by atoms with Crippen molar-refractivity contribution in [1.82, 2.24) is 31.0 Å². The highest BCUT2D eigenvalue weighted by Gasteiger charge is 2.48. The number of piperidine rings is 1. The fourth-order valence-corrected chi connectivity index (χ4v) is 6.18. The van der Waals surface area contributed by atoms with Crippen LogP contribution in [0, 0.1) is 17.7 Å². The number of amides is 2. The minimum atomic E-state index is -1.06. The van der Waals surface area contributed by atoms with Gasteiger partial charge >= 0.3 is 0 Å². The summed E-state index contributed by atoms with van der Waals surface area (Å²) < 4.78 is 28.8. The van der Waals surface area contributed by atoms with Gasteiger partial charge in [0, 0.05) is 57.3 Å². The highest BCUT2D eigenvalue weighted by atomic mass is 19.1. The van der Waals surface area contributed by atoms with Crippen LogP contribution in [-0.2, 0) is 9.59 Å². The molecule has 4 aliphatic heterocycles. The van der Waals surface area contributed by atoms with Crippen LogP contribution in [0.25, 0.3) is 0 Å². The van der Waals surface area contributed by atoms with E-state index in [2.05, 4.69) is 26.4 Å². The second-order valence-electron chi connectivity index (χ2n) is 10.4. The third kappa shape index (κ3) is 4.32. The summed E-state index contributed by atoms with van der Waals surface area (Å²) in [5, 5.41) is 10.9. The molecule has 0 spiro atoms. The lowest BCUT2D eigenvalue weighted by molar-refractivity contribution is -0.137. The highest BCUT2D eigenvalue weighted by molar-refractivity contribution is 5.96. The van der Waals surface area contributed by atoms with E-state index >= 15 is 4.39 Å². The lowest BCUT2D eigenvalue weighted by Crippen LogP contribution is -2.58. The molecule has 196 valence electrons. The number of hydrazine groups is 1. The van der Waals surface area contributed by atoms with Gasteiger partial charge in [-0.05, 0) is 19.3 Å². The van der Waals surface area contributed by atoms with Crippen LogP contribution in [0.3, 0.4) is 0 Å². The largest absolute Gasteiger partial charge is 0.367 e. The molecule has 6 rings (SSSR count). The second-order valence-corrected chi connectivity index (χ2v) is 10.4. The zero-order valence-electron chi connectivity index (χ0n) is 20.0. The van der Waals surface area contributed by atoms with Crippen molar-refractivity contribution < 1.29 is 18.4 Å². The standard InChI is InChI=1S/C23H33F2N9O2/c24-13-8-29-21-18(20(26)31-34(21)11-13)22(35)30-16-10-27-9-14(25)19(16)32-4-1-12(2-5-32)23(36)33-6-3-28-15-7-17(15)33/h9-10,12-13,15,17-18,20-21,28-29,31H,1-8,11,26H2,(H,30,35). The van der Waals surface area contributed by atoms with Crippen molar-refractivity contribution in [3.8, 4) is 0 Å². The third-order valence-corrected chi connectivity index (χ3v) is 8.11. The van der Waals surface area contributed by atoms with E-state index in [-0.39, 0.29) is 36.3 Å². The Morgan fingerprint density at radius 3 is 2.78 bits per heavy atom. The van der Waals surface area contributed by atoms with Crippen molar-refractivity contribution in [1.29, 1.82) is 0 Å². The van der Waals surface area contributed by atoms with Crippen molar-refractivity contribution >= 4 is 23.2 Å². The number of rotatable bonds is 4. The van der Waals surface area contributed by atoms with Gasteiger partial charge in [0.1, 0.15) is 11.9 Å². The number of piperazine rings is 1. The van der Waals surface area contributed by atoms with Gasteiger partial charge in [0.15, 0.2) is 5.82 Å². The van der Waals surface area contributed by atoms with Gasteiger partial charge < -0.3 is 26.2 Å². The number of alkyl halides is 1. The number of nitrogens with zero attached hydrogens (tertiary/aromatic N) is 4. The predicted octanol–water partition coefficient (Wildman–Crippen LogP) is -1.06. The molecule has 5 fully saturated rings. The summed E-state index contributed by atoms with van der Waals surface area (Å²) in [5.41, 5.74) is 9.63. The summed E-state index contributed by atoms with van der Waals surface area (Å²) in [7, 11) is 0. The molecular formula is C23H33F2N9O2. The van der Waals surface area contributed by atoms with E-state index in [4.69, 9.17) is 5.73 Å². The van der Waals surface area contributed by atoms with Crippen molar-refractivity contribution in [2.45, 2.75) is 49.8 Å². The Morgan fingerprint density at radius 1 is 1.17 bits per heavy atom. The van der Waals surface area contributed by atoms with Crippen molar-refractivity contribution in [3.63, 3.8) is 0 Å². The summed E-state index contributed by atoms with van der Waals surface area (Å²) >= 11 is 0.